The molecule has 0 spiro atoms. The van der Waals surface area contributed by atoms with E-state index in [9.17, 15) is 14.7 Å². The van der Waals surface area contributed by atoms with Crippen LogP contribution >= 0.6 is 0 Å². The van der Waals surface area contributed by atoms with Crippen molar-refractivity contribution >= 4 is 23.1 Å². The van der Waals surface area contributed by atoms with Crippen LogP contribution in [0.4, 0.5) is 11.4 Å². The van der Waals surface area contributed by atoms with Crippen molar-refractivity contribution < 1.29 is 14.7 Å². The summed E-state index contributed by atoms with van der Waals surface area (Å²) in [5, 5.41) is 9.49. The van der Waals surface area contributed by atoms with Crippen LogP contribution < -0.4 is 9.80 Å². The fraction of sp³-hybridized carbons (Fsp3) is 0.375. The Labute approximate surface area is 129 Å². The fourth-order valence-corrected chi connectivity index (χ4v) is 3.00. The average molecular weight is 301 g/mol. The predicted molar refractivity (Wildman–Crippen MR) is 84.0 cm³/mol. The predicted octanol–water partition coefficient (Wildman–Crippen LogP) is 1.14. The molecular weight excluding hydrogens is 282 g/mol. The van der Waals surface area contributed by atoms with Gasteiger partial charge in [0.15, 0.2) is 5.78 Å². The second-order valence-electron chi connectivity index (χ2n) is 5.77. The molecule has 6 nitrogen and oxygen atoms in total. The van der Waals surface area contributed by atoms with E-state index in [2.05, 4.69) is 0 Å². The van der Waals surface area contributed by atoms with Crippen LogP contribution in [0.2, 0.25) is 0 Å². The number of carbonyl (C=O) groups excluding carboxylic acids is 1. The Morgan fingerprint density at radius 2 is 1.95 bits per heavy atom. The van der Waals surface area contributed by atoms with E-state index >= 15 is 0 Å². The third kappa shape index (κ3) is 2.25. The minimum Gasteiger partial charge on any atom is -0.477 e. The Morgan fingerprint density at radius 1 is 1.27 bits per heavy atom. The third-order valence-corrected chi connectivity index (χ3v) is 4.02. The number of hydrogen-bond acceptors (Lipinski definition) is 5. The monoisotopic (exact) mass is 301 g/mol. The lowest BCUT2D eigenvalue weighted by Gasteiger charge is -2.30. The molecule has 1 aromatic carbocycles. The zero-order valence-electron chi connectivity index (χ0n) is 12.7. The number of ketones is 1. The minimum atomic E-state index is -1.15. The molecule has 0 fully saturated rings. The molecule has 0 saturated carbocycles. The number of Topliss-reactive ketones (excluding diaryl/α,β-unsaturated/α-hetero) is 1. The van der Waals surface area contributed by atoms with E-state index in [1.165, 1.54) is 0 Å². The Balaban J connectivity index is 2.13. The Hall–Kier alpha value is -2.34. The molecule has 0 atom stereocenters. The van der Waals surface area contributed by atoms with Crippen LogP contribution in [0.5, 0.6) is 0 Å². The third-order valence-electron chi connectivity index (χ3n) is 4.02. The quantitative estimate of drug-likeness (QED) is 0.842. The van der Waals surface area contributed by atoms with Gasteiger partial charge in [-0.1, -0.05) is 12.1 Å². The second-order valence-corrected chi connectivity index (χ2v) is 5.77. The van der Waals surface area contributed by atoms with Gasteiger partial charge in [-0.3, -0.25) is 4.79 Å². The summed E-state index contributed by atoms with van der Waals surface area (Å²) in [5.74, 6) is -0.916. The molecule has 1 N–H and O–H groups in total. The molecule has 116 valence electrons. The summed E-state index contributed by atoms with van der Waals surface area (Å²) in [5.41, 5.74) is 1.84. The van der Waals surface area contributed by atoms with Crippen molar-refractivity contribution in [2.45, 2.75) is 6.42 Å². The smallest absolute Gasteiger partial charge is 0.343 e. The maximum absolute atomic E-state index is 12.1. The first-order chi connectivity index (χ1) is 10.5. The van der Waals surface area contributed by atoms with Crippen molar-refractivity contribution in [2.75, 3.05) is 43.5 Å². The number of para-hydroxylation sites is 2. The van der Waals surface area contributed by atoms with Gasteiger partial charge < -0.3 is 19.8 Å². The van der Waals surface area contributed by atoms with Crippen LogP contribution in [0.25, 0.3) is 0 Å². The zero-order valence-corrected chi connectivity index (χ0v) is 12.7. The summed E-state index contributed by atoms with van der Waals surface area (Å²) in [6.07, 6.45) is 0.237. The molecule has 22 heavy (non-hydrogen) atoms. The molecule has 0 unspecified atom stereocenters. The zero-order chi connectivity index (χ0) is 15.9. The highest BCUT2D eigenvalue weighted by Gasteiger charge is 2.40. The van der Waals surface area contributed by atoms with Crippen molar-refractivity contribution in [3.05, 3.63) is 35.7 Å². The number of carbonyl (C=O) groups is 2. The number of aliphatic carboxylic acids is 1. The maximum Gasteiger partial charge on any atom is 0.343 e. The fourth-order valence-electron chi connectivity index (χ4n) is 3.00. The molecule has 0 amide bonds. The van der Waals surface area contributed by atoms with Gasteiger partial charge in [0.05, 0.1) is 11.4 Å². The van der Waals surface area contributed by atoms with Gasteiger partial charge >= 0.3 is 5.97 Å². The van der Waals surface area contributed by atoms with Crippen LogP contribution in [-0.4, -0.2) is 55.5 Å². The highest BCUT2D eigenvalue weighted by molar-refractivity contribution is 6.19. The highest BCUT2D eigenvalue weighted by Crippen LogP contribution is 2.44. The number of fused-ring (bicyclic) bond motifs is 3. The summed E-state index contributed by atoms with van der Waals surface area (Å²) in [6.45, 7) is 1.94. The van der Waals surface area contributed by atoms with Crippen LogP contribution in [0.3, 0.4) is 0 Å². The van der Waals surface area contributed by atoms with Gasteiger partial charge in [0, 0.05) is 26.1 Å². The van der Waals surface area contributed by atoms with Crippen molar-refractivity contribution in [3.8, 4) is 0 Å². The van der Waals surface area contributed by atoms with E-state index < -0.39 is 5.97 Å². The molecule has 0 saturated heterocycles. The van der Waals surface area contributed by atoms with Gasteiger partial charge in [-0.05, 0) is 26.2 Å². The lowest BCUT2D eigenvalue weighted by molar-refractivity contribution is -0.134. The number of nitrogens with zero attached hydrogens (tertiary/aromatic N) is 3. The second kappa shape index (κ2) is 5.46. The lowest BCUT2D eigenvalue weighted by atomic mass is 10.0. The first-order valence-corrected chi connectivity index (χ1v) is 7.30. The summed E-state index contributed by atoms with van der Waals surface area (Å²) in [4.78, 5) is 29.7. The number of benzene rings is 1. The van der Waals surface area contributed by atoms with E-state index in [1.54, 1.807) is 0 Å². The van der Waals surface area contributed by atoms with Gasteiger partial charge in [0.1, 0.15) is 11.4 Å². The summed E-state index contributed by atoms with van der Waals surface area (Å²) >= 11 is 0. The molecule has 0 aromatic heterocycles. The van der Waals surface area contributed by atoms with E-state index in [1.807, 2.05) is 53.1 Å². The standard InChI is InChI=1S/C16H19N3O3/c1-17(2)9-10-19-12-6-4-3-5-11(12)18-8-7-13(20)14(15(18)19)16(21)22/h3-6H,7-10H2,1-2H3,(H,21,22). The number of likely N-dealkylation sites (N-methyl/N-ethyl adjacent to an activating group) is 1. The summed E-state index contributed by atoms with van der Waals surface area (Å²) in [6, 6.07) is 7.81. The first kappa shape index (κ1) is 14.6. The topological polar surface area (TPSA) is 64.1 Å². The lowest BCUT2D eigenvalue weighted by Crippen LogP contribution is -2.41. The molecule has 2 heterocycles. The number of rotatable bonds is 4. The molecule has 0 aliphatic carbocycles. The first-order valence-electron chi connectivity index (χ1n) is 7.30. The Bertz CT molecular complexity index is 666. The molecular formula is C16H19N3O3. The molecule has 1 aromatic rings. The van der Waals surface area contributed by atoms with Gasteiger partial charge in [-0.25, -0.2) is 4.79 Å². The summed E-state index contributed by atoms with van der Waals surface area (Å²) in [7, 11) is 3.94. The van der Waals surface area contributed by atoms with E-state index in [4.69, 9.17) is 0 Å². The van der Waals surface area contributed by atoms with Crippen LogP contribution in [-0.2, 0) is 9.59 Å². The van der Waals surface area contributed by atoms with Gasteiger partial charge in [0.2, 0.25) is 0 Å². The molecule has 6 heteroatoms. The van der Waals surface area contributed by atoms with Crippen molar-refractivity contribution in [1.29, 1.82) is 0 Å². The summed E-state index contributed by atoms with van der Waals surface area (Å²) < 4.78 is 0. The maximum atomic E-state index is 12.1. The normalized spacial score (nSPS) is 17.1. The molecule has 3 rings (SSSR count). The molecule has 0 radical (unpaired) electrons. The number of hydrogen-bond donors (Lipinski definition) is 1. The van der Waals surface area contributed by atoms with Gasteiger partial charge in [-0.15, -0.1) is 0 Å². The van der Waals surface area contributed by atoms with Crippen LogP contribution in [0.15, 0.2) is 35.7 Å². The number of carboxylic acids is 1. The molecule has 2 aliphatic rings. The molecule has 0 bridgehead atoms. The Kier molecular flexibility index (Phi) is 3.62. The minimum absolute atomic E-state index is 0.0961. The SMILES string of the molecule is CN(C)CCN1C2=C(C(=O)O)C(=O)CCN2c2ccccc21. The number of anilines is 2. The highest BCUT2D eigenvalue weighted by atomic mass is 16.4. The van der Waals surface area contributed by atoms with Crippen molar-refractivity contribution in [1.82, 2.24) is 4.90 Å². The van der Waals surface area contributed by atoms with Crippen LogP contribution in [0.1, 0.15) is 6.42 Å². The van der Waals surface area contributed by atoms with Crippen LogP contribution in [0, 0.1) is 0 Å². The van der Waals surface area contributed by atoms with E-state index in [-0.39, 0.29) is 17.8 Å². The largest absolute Gasteiger partial charge is 0.477 e. The van der Waals surface area contributed by atoms with Gasteiger partial charge in [0.25, 0.3) is 0 Å². The van der Waals surface area contributed by atoms with Gasteiger partial charge in [-0.2, -0.15) is 0 Å². The average Bonchev–Trinajstić information content (AvgIpc) is 2.78. The number of carboxylic acid groups (broad SMARTS) is 1. The molecule has 2 aliphatic heterocycles. The Morgan fingerprint density at radius 3 is 2.59 bits per heavy atom. The van der Waals surface area contributed by atoms with E-state index in [0.717, 1.165) is 17.9 Å². The van der Waals surface area contributed by atoms with E-state index in [0.29, 0.717) is 18.9 Å². The van der Waals surface area contributed by atoms with Crippen molar-refractivity contribution in [3.63, 3.8) is 0 Å². The van der Waals surface area contributed by atoms with Crippen molar-refractivity contribution in [2.24, 2.45) is 0 Å².